The molecule has 0 saturated heterocycles. The van der Waals surface area contributed by atoms with Crippen LogP contribution in [0.25, 0.3) is 10.9 Å². The topological polar surface area (TPSA) is 86.5 Å². The molecule has 0 bridgehead atoms. The number of aromatic nitrogens is 1. The van der Waals surface area contributed by atoms with Gasteiger partial charge in [0.25, 0.3) is 5.91 Å². The monoisotopic (exact) mass is 373 g/mol. The van der Waals surface area contributed by atoms with E-state index in [1.807, 2.05) is 24.3 Å². The Labute approximate surface area is 154 Å². The number of aliphatic imine (C=N–C) groups is 1. The van der Waals surface area contributed by atoms with Gasteiger partial charge in [-0.25, -0.2) is 0 Å². The second-order valence-electron chi connectivity index (χ2n) is 5.02. The van der Waals surface area contributed by atoms with Crippen molar-refractivity contribution in [2.24, 2.45) is 10.7 Å². The van der Waals surface area contributed by atoms with E-state index in [0.29, 0.717) is 12.2 Å². The lowest BCUT2D eigenvalue weighted by molar-refractivity contribution is 0.0972. The molecule has 0 aliphatic heterocycles. The van der Waals surface area contributed by atoms with Gasteiger partial charge in [-0.1, -0.05) is 32.0 Å². The van der Waals surface area contributed by atoms with Gasteiger partial charge in [0.05, 0.1) is 6.54 Å². The number of benzene rings is 1. The molecule has 0 radical (unpaired) electrons. The van der Waals surface area contributed by atoms with E-state index < -0.39 is 0 Å². The summed E-state index contributed by atoms with van der Waals surface area (Å²) in [4.78, 5) is 21.6. The average molecular weight is 374 g/mol. The quantitative estimate of drug-likeness (QED) is 0.536. The molecule has 1 aromatic heterocycles. The number of carbonyl (C=O) groups is 1. The summed E-state index contributed by atoms with van der Waals surface area (Å²) in [7, 11) is 0. The molecule has 0 aliphatic carbocycles. The zero-order valence-electron chi connectivity index (χ0n) is 13.9. The Morgan fingerprint density at radius 3 is 2.54 bits per heavy atom. The van der Waals surface area contributed by atoms with Crippen molar-refractivity contribution >= 4 is 47.6 Å². The fraction of sp³-hybridized carbons (Fsp3) is 0.375. The highest BCUT2D eigenvalue weighted by molar-refractivity contribution is 6.06. The maximum atomic E-state index is 12.1. The lowest BCUT2D eigenvalue weighted by atomic mass is 10.2. The highest BCUT2D eigenvalue weighted by Gasteiger charge is 2.10. The normalized spacial score (nSPS) is 11.0. The number of para-hydroxylation sites is 1. The molecule has 0 aliphatic rings. The number of nitrogens with one attached hydrogen (secondary N) is 2. The smallest absolute Gasteiger partial charge is 0.274 e. The molecule has 2 aromatic rings. The van der Waals surface area contributed by atoms with E-state index in [4.69, 9.17) is 5.73 Å². The zero-order valence-corrected chi connectivity index (χ0v) is 15.5. The number of rotatable bonds is 6. The molecule has 24 heavy (non-hydrogen) atoms. The molecule has 1 amide bonds. The van der Waals surface area contributed by atoms with Crippen molar-refractivity contribution in [1.82, 2.24) is 15.2 Å². The van der Waals surface area contributed by atoms with E-state index >= 15 is 0 Å². The van der Waals surface area contributed by atoms with Crippen LogP contribution in [-0.4, -0.2) is 47.9 Å². The largest absolute Gasteiger partial charge is 0.370 e. The lowest BCUT2D eigenvalue weighted by Crippen LogP contribution is -2.37. The summed E-state index contributed by atoms with van der Waals surface area (Å²) < 4.78 is 0. The van der Waals surface area contributed by atoms with Crippen molar-refractivity contribution in [1.29, 1.82) is 0 Å². The predicted octanol–water partition coefficient (Wildman–Crippen LogP) is 2.40. The van der Waals surface area contributed by atoms with Crippen LogP contribution in [0.3, 0.4) is 0 Å². The van der Waals surface area contributed by atoms with E-state index in [2.05, 4.69) is 34.0 Å². The van der Waals surface area contributed by atoms with Gasteiger partial charge < -0.3 is 15.6 Å². The number of nitrogens with zero attached hydrogens (tertiary/aromatic N) is 2. The van der Waals surface area contributed by atoms with E-state index in [1.54, 1.807) is 6.07 Å². The maximum Gasteiger partial charge on any atom is 0.274 e. The third-order valence-electron chi connectivity index (χ3n) is 3.61. The Bertz CT molecular complexity index is 634. The molecular formula is C16H25Cl2N5O. The molecule has 134 valence electrons. The molecule has 0 atom stereocenters. The van der Waals surface area contributed by atoms with Crippen molar-refractivity contribution in [2.45, 2.75) is 13.8 Å². The summed E-state index contributed by atoms with van der Waals surface area (Å²) in [5.74, 6) is -0.129. The van der Waals surface area contributed by atoms with Crippen LogP contribution in [0.4, 0.5) is 0 Å². The number of fused-ring (bicyclic) bond motifs is 1. The molecule has 0 saturated carbocycles. The van der Waals surface area contributed by atoms with Crippen LogP contribution in [0.2, 0.25) is 0 Å². The number of hydrogen-bond donors (Lipinski definition) is 3. The molecule has 1 aromatic carbocycles. The number of hydrogen-bond acceptors (Lipinski definition) is 3. The molecule has 0 unspecified atom stereocenters. The number of halogens is 2. The summed E-state index contributed by atoms with van der Waals surface area (Å²) >= 11 is 0. The van der Waals surface area contributed by atoms with Gasteiger partial charge in [-0.15, -0.1) is 24.8 Å². The molecule has 0 fully saturated rings. The van der Waals surface area contributed by atoms with Crippen molar-refractivity contribution in [2.75, 3.05) is 26.2 Å². The van der Waals surface area contributed by atoms with Crippen LogP contribution in [0, 0.1) is 0 Å². The molecule has 8 heteroatoms. The van der Waals surface area contributed by atoms with E-state index in [-0.39, 0.29) is 36.7 Å². The Morgan fingerprint density at radius 1 is 1.25 bits per heavy atom. The minimum atomic E-state index is -0.278. The van der Waals surface area contributed by atoms with Crippen LogP contribution < -0.4 is 11.1 Å². The Kier molecular flexibility index (Phi) is 10.1. The van der Waals surface area contributed by atoms with Crippen LogP contribution in [-0.2, 0) is 0 Å². The van der Waals surface area contributed by atoms with Crippen molar-refractivity contribution in [3.05, 3.63) is 36.0 Å². The summed E-state index contributed by atoms with van der Waals surface area (Å²) in [5.41, 5.74) is 7.16. The van der Waals surface area contributed by atoms with Gasteiger partial charge in [0, 0.05) is 17.4 Å². The number of amides is 1. The first-order chi connectivity index (χ1) is 10.6. The first-order valence-corrected chi connectivity index (χ1v) is 7.55. The van der Waals surface area contributed by atoms with Gasteiger partial charge in [0.2, 0.25) is 0 Å². The fourth-order valence-electron chi connectivity index (χ4n) is 2.27. The Morgan fingerprint density at radius 2 is 1.92 bits per heavy atom. The fourth-order valence-corrected chi connectivity index (χ4v) is 2.27. The Hall–Kier alpha value is -1.76. The van der Waals surface area contributed by atoms with E-state index in [0.717, 1.165) is 30.5 Å². The molecule has 6 nitrogen and oxygen atoms in total. The first kappa shape index (κ1) is 22.2. The lowest BCUT2D eigenvalue weighted by Gasteiger charge is -2.16. The summed E-state index contributed by atoms with van der Waals surface area (Å²) in [6.07, 6.45) is 0. The summed E-state index contributed by atoms with van der Waals surface area (Å²) in [5, 5.41) is 3.60. The molecule has 2 rings (SSSR count). The second-order valence-corrected chi connectivity index (χ2v) is 5.02. The SMILES string of the molecule is CCN(CC)CCN=C(N)NC(=O)c1cc2ccccc2[nH]1.Cl.Cl. The van der Waals surface area contributed by atoms with E-state index in [1.165, 1.54) is 0 Å². The number of aromatic amines is 1. The molecule has 0 spiro atoms. The highest BCUT2D eigenvalue weighted by atomic mass is 35.5. The number of carbonyl (C=O) groups excluding carboxylic acids is 1. The third kappa shape index (κ3) is 6.03. The van der Waals surface area contributed by atoms with Gasteiger partial charge in [-0.05, 0) is 25.2 Å². The van der Waals surface area contributed by atoms with Gasteiger partial charge in [-0.3, -0.25) is 15.1 Å². The van der Waals surface area contributed by atoms with Gasteiger partial charge in [0.15, 0.2) is 5.96 Å². The Balaban J connectivity index is 0.00000264. The van der Waals surface area contributed by atoms with Crippen LogP contribution in [0.1, 0.15) is 24.3 Å². The average Bonchev–Trinajstić information content (AvgIpc) is 2.95. The van der Waals surface area contributed by atoms with Crippen LogP contribution in [0.15, 0.2) is 35.3 Å². The first-order valence-electron chi connectivity index (χ1n) is 7.55. The molecule has 1 heterocycles. The number of H-pyrrole nitrogens is 1. The number of likely N-dealkylation sites (N-methyl/N-ethyl adjacent to an activating group) is 1. The van der Waals surface area contributed by atoms with E-state index in [9.17, 15) is 4.79 Å². The highest BCUT2D eigenvalue weighted by Crippen LogP contribution is 2.14. The summed E-state index contributed by atoms with van der Waals surface area (Å²) in [6.45, 7) is 7.57. The second kappa shape index (κ2) is 10.9. The standard InChI is InChI=1S/C16H23N5O.2ClH/c1-3-21(4-2)10-9-18-16(17)20-15(22)14-11-12-7-5-6-8-13(12)19-14;;/h5-8,11,19H,3-4,9-10H2,1-2H3,(H3,17,18,20,22);2*1H. The molecular weight excluding hydrogens is 349 g/mol. The van der Waals surface area contributed by atoms with Crippen LogP contribution in [0.5, 0.6) is 0 Å². The van der Waals surface area contributed by atoms with Gasteiger partial charge in [-0.2, -0.15) is 0 Å². The van der Waals surface area contributed by atoms with Crippen molar-refractivity contribution in [3.8, 4) is 0 Å². The van der Waals surface area contributed by atoms with Crippen LogP contribution >= 0.6 is 24.8 Å². The summed E-state index contributed by atoms with van der Waals surface area (Å²) in [6, 6.07) is 9.52. The number of nitrogens with two attached hydrogens (primary N) is 1. The predicted molar refractivity (Wildman–Crippen MR) is 105 cm³/mol. The number of guanidine groups is 1. The van der Waals surface area contributed by atoms with Gasteiger partial charge in [0.1, 0.15) is 5.69 Å². The molecule has 4 N–H and O–H groups in total. The van der Waals surface area contributed by atoms with Crippen molar-refractivity contribution < 1.29 is 4.79 Å². The minimum absolute atomic E-state index is 0. The third-order valence-corrected chi connectivity index (χ3v) is 3.61. The minimum Gasteiger partial charge on any atom is -0.370 e. The van der Waals surface area contributed by atoms with Gasteiger partial charge >= 0.3 is 0 Å². The zero-order chi connectivity index (χ0) is 15.9. The maximum absolute atomic E-state index is 12.1. The van der Waals surface area contributed by atoms with Crippen molar-refractivity contribution in [3.63, 3.8) is 0 Å².